The van der Waals surface area contributed by atoms with E-state index in [0.717, 1.165) is 0 Å². The van der Waals surface area contributed by atoms with Crippen LogP contribution in [-0.2, 0) is 14.6 Å². The Morgan fingerprint density at radius 1 is 1.32 bits per heavy atom. The Balaban J connectivity index is 2.86. The highest BCUT2D eigenvalue weighted by atomic mass is 32.2. The van der Waals surface area contributed by atoms with Gasteiger partial charge in [-0.1, -0.05) is 6.42 Å². The maximum Gasteiger partial charge on any atom is 0.406 e. The summed E-state index contributed by atoms with van der Waals surface area (Å²) in [5, 5.41) is 7.29. The third-order valence-electron chi connectivity index (χ3n) is 2.91. The molecule has 112 valence electrons. The van der Waals surface area contributed by atoms with E-state index in [-0.39, 0.29) is 12.2 Å². The summed E-state index contributed by atoms with van der Waals surface area (Å²) >= 11 is 0. The van der Waals surface area contributed by atoms with Gasteiger partial charge < -0.3 is 10.0 Å². The molecule has 19 heavy (non-hydrogen) atoms. The maximum absolute atomic E-state index is 12.3. The van der Waals surface area contributed by atoms with Gasteiger partial charge in [-0.15, -0.1) is 0 Å². The van der Waals surface area contributed by atoms with Gasteiger partial charge in [-0.25, -0.2) is 8.42 Å². The van der Waals surface area contributed by atoms with Gasteiger partial charge in [0.05, 0.1) is 12.4 Å². The van der Waals surface area contributed by atoms with Gasteiger partial charge in [0, 0.05) is 6.54 Å². The lowest BCUT2D eigenvalue weighted by Gasteiger charge is -2.29. The van der Waals surface area contributed by atoms with E-state index in [9.17, 15) is 26.4 Å². The number of aliphatic hydroxyl groups excluding tert-OH is 1. The number of amides is 1. The first kappa shape index (κ1) is 16.2. The topological polar surface area (TPSA) is 74.7 Å². The molecule has 1 aliphatic heterocycles. The van der Waals surface area contributed by atoms with Gasteiger partial charge in [0.1, 0.15) is 11.8 Å². The van der Waals surface area contributed by atoms with Crippen LogP contribution < -0.4 is 0 Å². The Kier molecular flexibility index (Phi) is 5.19. The number of carbonyl (C=O) groups excluding carboxylic acids is 1. The second-order valence-electron chi connectivity index (χ2n) is 4.45. The average Bonchev–Trinajstić information content (AvgIpc) is 2.25. The Labute approximate surface area is 109 Å². The molecule has 1 N–H and O–H groups in total. The van der Waals surface area contributed by atoms with Crippen LogP contribution in [0.2, 0.25) is 0 Å². The van der Waals surface area contributed by atoms with Crippen molar-refractivity contribution in [1.29, 1.82) is 0 Å². The van der Waals surface area contributed by atoms with Crippen molar-refractivity contribution in [2.45, 2.75) is 30.7 Å². The predicted octanol–water partition coefficient (Wildman–Crippen LogP) is 0.337. The summed E-state index contributed by atoms with van der Waals surface area (Å²) in [7, 11) is -3.68. The molecule has 1 atom stereocenters. The number of aliphatic hydroxyl groups is 1. The van der Waals surface area contributed by atoms with Crippen LogP contribution in [0.15, 0.2) is 0 Å². The largest absolute Gasteiger partial charge is 0.406 e. The first-order chi connectivity index (χ1) is 8.67. The highest BCUT2D eigenvalue weighted by Crippen LogP contribution is 2.23. The van der Waals surface area contributed by atoms with Gasteiger partial charge in [-0.3, -0.25) is 4.79 Å². The Morgan fingerprint density at radius 3 is 2.42 bits per heavy atom. The number of alkyl halides is 3. The number of carbonyl (C=O) groups is 1. The van der Waals surface area contributed by atoms with Crippen molar-refractivity contribution in [1.82, 2.24) is 4.90 Å². The van der Waals surface area contributed by atoms with E-state index in [2.05, 4.69) is 0 Å². The van der Waals surface area contributed by atoms with Crippen molar-refractivity contribution in [2.24, 2.45) is 0 Å². The van der Waals surface area contributed by atoms with Crippen LogP contribution in [0.1, 0.15) is 19.3 Å². The van der Waals surface area contributed by atoms with Crippen LogP contribution in [0.25, 0.3) is 0 Å². The molecule has 1 saturated heterocycles. The number of hydrogen-bond acceptors (Lipinski definition) is 4. The van der Waals surface area contributed by atoms with Crippen LogP contribution in [0.4, 0.5) is 13.2 Å². The van der Waals surface area contributed by atoms with E-state index < -0.39 is 46.9 Å². The summed E-state index contributed by atoms with van der Waals surface area (Å²) in [6.07, 6.45) is -3.66. The maximum atomic E-state index is 12.3. The molecule has 1 fully saturated rings. The van der Waals surface area contributed by atoms with Crippen LogP contribution in [0.5, 0.6) is 0 Å². The second-order valence-corrected chi connectivity index (χ2v) is 6.75. The highest BCUT2D eigenvalue weighted by molar-refractivity contribution is 7.92. The first-order valence-corrected chi connectivity index (χ1v) is 7.57. The molecule has 0 aromatic carbocycles. The molecular weight excluding hydrogens is 287 g/mol. The van der Waals surface area contributed by atoms with Crippen molar-refractivity contribution >= 4 is 15.7 Å². The van der Waals surface area contributed by atoms with Crippen molar-refractivity contribution < 1.29 is 31.5 Å². The first-order valence-electron chi connectivity index (χ1n) is 5.85. The zero-order valence-electron chi connectivity index (χ0n) is 10.2. The van der Waals surface area contributed by atoms with Gasteiger partial charge in [-0.05, 0) is 12.8 Å². The molecule has 0 spiro atoms. The molecule has 1 amide bonds. The Bertz CT molecular complexity index is 421. The monoisotopic (exact) mass is 303 g/mol. The van der Waals surface area contributed by atoms with E-state index in [4.69, 9.17) is 5.11 Å². The van der Waals surface area contributed by atoms with Crippen molar-refractivity contribution in [3.63, 3.8) is 0 Å². The zero-order valence-corrected chi connectivity index (χ0v) is 11.0. The number of halogens is 3. The van der Waals surface area contributed by atoms with Gasteiger partial charge in [-0.2, -0.15) is 13.2 Å². The van der Waals surface area contributed by atoms with E-state index in [0.29, 0.717) is 17.7 Å². The standard InChI is InChI=1S/C10H16F3NO4S/c11-10(12,13)7-14(4-5-15)9(16)8-3-1-2-6-19(8,17)18/h8,15H,1-7H2. The minimum absolute atomic E-state index is 0.0426. The lowest BCUT2D eigenvalue weighted by Crippen LogP contribution is -2.49. The van der Waals surface area contributed by atoms with Crippen LogP contribution in [0, 0.1) is 0 Å². The third-order valence-corrected chi connectivity index (χ3v) is 5.07. The molecule has 9 heteroatoms. The van der Waals surface area contributed by atoms with Gasteiger partial charge in [0.15, 0.2) is 9.84 Å². The second kappa shape index (κ2) is 6.08. The number of sulfone groups is 1. The van der Waals surface area contributed by atoms with E-state index in [1.807, 2.05) is 0 Å². The summed E-state index contributed by atoms with van der Waals surface area (Å²) in [5.41, 5.74) is 0. The fourth-order valence-corrected chi connectivity index (χ4v) is 3.91. The Hall–Kier alpha value is -0.830. The molecule has 0 bridgehead atoms. The van der Waals surface area contributed by atoms with E-state index in [1.165, 1.54) is 0 Å². The average molecular weight is 303 g/mol. The van der Waals surface area contributed by atoms with Gasteiger partial charge in [0.2, 0.25) is 5.91 Å². The molecule has 1 rings (SSSR count). The van der Waals surface area contributed by atoms with Crippen LogP contribution in [0.3, 0.4) is 0 Å². The van der Waals surface area contributed by atoms with Crippen LogP contribution >= 0.6 is 0 Å². The number of hydrogen-bond donors (Lipinski definition) is 1. The highest BCUT2D eigenvalue weighted by Gasteiger charge is 2.40. The summed E-state index contributed by atoms with van der Waals surface area (Å²) in [6, 6.07) is 0. The molecule has 1 heterocycles. The molecule has 1 aliphatic rings. The van der Waals surface area contributed by atoms with Gasteiger partial charge in [0.25, 0.3) is 0 Å². The lowest BCUT2D eigenvalue weighted by molar-refractivity contribution is -0.161. The summed E-state index contributed by atoms with van der Waals surface area (Å²) in [5.74, 6) is -1.24. The molecule has 5 nitrogen and oxygen atoms in total. The molecule has 0 radical (unpaired) electrons. The molecule has 0 aromatic heterocycles. The minimum Gasteiger partial charge on any atom is -0.395 e. The normalized spacial score (nSPS) is 23.1. The van der Waals surface area contributed by atoms with Crippen molar-refractivity contribution in [3.05, 3.63) is 0 Å². The number of nitrogens with zero attached hydrogens (tertiary/aromatic N) is 1. The summed E-state index contributed by atoms with van der Waals surface area (Å²) < 4.78 is 60.4. The molecule has 0 aromatic rings. The summed E-state index contributed by atoms with van der Waals surface area (Å²) in [6.45, 7) is -2.71. The molecular formula is C10H16F3NO4S. The quantitative estimate of drug-likeness (QED) is 0.812. The number of rotatable bonds is 4. The Morgan fingerprint density at radius 2 is 1.95 bits per heavy atom. The lowest BCUT2D eigenvalue weighted by atomic mass is 10.1. The molecule has 0 aliphatic carbocycles. The smallest absolute Gasteiger partial charge is 0.395 e. The SMILES string of the molecule is O=C(C1CCCCS1(=O)=O)N(CCO)CC(F)(F)F. The van der Waals surface area contributed by atoms with Crippen molar-refractivity contribution in [2.75, 3.05) is 25.4 Å². The zero-order chi connectivity index (χ0) is 14.7. The summed E-state index contributed by atoms with van der Waals surface area (Å²) in [4.78, 5) is 12.3. The van der Waals surface area contributed by atoms with Gasteiger partial charge >= 0.3 is 6.18 Å². The molecule has 0 saturated carbocycles. The van der Waals surface area contributed by atoms with E-state index >= 15 is 0 Å². The van der Waals surface area contributed by atoms with Crippen molar-refractivity contribution in [3.8, 4) is 0 Å². The molecule has 1 unspecified atom stereocenters. The fraction of sp³-hybridized carbons (Fsp3) is 0.900. The predicted molar refractivity (Wildman–Crippen MR) is 61.1 cm³/mol. The van der Waals surface area contributed by atoms with Crippen LogP contribution in [-0.4, -0.2) is 61.2 Å². The van der Waals surface area contributed by atoms with E-state index in [1.54, 1.807) is 0 Å². The third kappa shape index (κ3) is 4.64. The minimum atomic E-state index is -4.62. The fourth-order valence-electron chi connectivity index (χ4n) is 2.04.